The van der Waals surface area contributed by atoms with Gasteiger partial charge >= 0.3 is 0 Å². The second-order valence-electron chi connectivity index (χ2n) is 6.73. The van der Waals surface area contributed by atoms with Crippen LogP contribution in [-0.4, -0.2) is 14.3 Å². The number of rotatable bonds is 4. The van der Waals surface area contributed by atoms with Gasteiger partial charge < -0.3 is 5.32 Å². The third-order valence-corrected chi connectivity index (χ3v) is 8.01. The van der Waals surface area contributed by atoms with Crippen LogP contribution in [0.2, 0.25) is 10.0 Å². The number of nitrogens with one attached hydrogen (secondary N) is 1. The Morgan fingerprint density at radius 2 is 1.68 bits per heavy atom. The maximum atomic E-state index is 13.1. The van der Waals surface area contributed by atoms with Crippen LogP contribution < -0.4 is 5.32 Å². The Hall–Kier alpha value is -2.32. The maximum Gasteiger partial charge on any atom is 0.262 e. The van der Waals surface area contributed by atoms with E-state index < -0.39 is 9.84 Å². The first kappa shape index (κ1) is 21.9. The van der Waals surface area contributed by atoms with Crippen LogP contribution in [0, 0.1) is 5.82 Å². The topological polar surface area (TPSA) is 63.2 Å². The van der Waals surface area contributed by atoms with Crippen molar-refractivity contribution in [1.29, 1.82) is 0 Å². The molecule has 158 valence electrons. The van der Waals surface area contributed by atoms with E-state index >= 15 is 0 Å². The summed E-state index contributed by atoms with van der Waals surface area (Å²) in [5.74, 6) is -1.09. The molecule has 1 aliphatic rings. The number of sulfone groups is 1. The summed E-state index contributed by atoms with van der Waals surface area (Å²) in [6, 6.07) is 15.1. The van der Waals surface area contributed by atoms with E-state index in [1.807, 2.05) is 0 Å². The number of anilines is 1. The average molecular weight is 494 g/mol. The van der Waals surface area contributed by atoms with Crippen LogP contribution in [0.3, 0.4) is 0 Å². The van der Waals surface area contributed by atoms with Crippen molar-refractivity contribution in [2.24, 2.45) is 0 Å². The predicted molar refractivity (Wildman–Crippen MR) is 123 cm³/mol. The van der Waals surface area contributed by atoms with Crippen LogP contribution in [0.25, 0.3) is 6.08 Å². The lowest BCUT2D eigenvalue weighted by atomic mass is 10.2. The molecule has 31 heavy (non-hydrogen) atoms. The van der Waals surface area contributed by atoms with E-state index in [1.165, 1.54) is 36.0 Å². The molecule has 4 nitrogen and oxygen atoms in total. The average Bonchev–Trinajstić information content (AvgIpc) is 2.72. The highest BCUT2D eigenvalue weighted by molar-refractivity contribution is 8.04. The van der Waals surface area contributed by atoms with Crippen molar-refractivity contribution in [3.63, 3.8) is 0 Å². The molecule has 0 spiro atoms. The number of hydrogen-bond donors (Lipinski definition) is 1. The summed E-state index contributed by atoms with van der Waals surface area (Å²) in [7, 11) is -3.76. The monoisotopic (exact) mass is 493 g/mol. The summed E-state index contributed by atoms with van der Waals surface area (Å²) in [4.78, 5) is 13.7. The molecule has 0 fully saturated rings. The van der Waals surface area contributed by atoms with Crippen LogP contribution >= 0.6 is 35.0 Å². The van der Waals surface area contributed by atoms with Gasteiger partial charge in [0.25, 0.3) is 5.91 Å². The van der Waals surface area contributed by atoms with E-state index in [2.05, 4.69) is 5.32 Å². The normalized spacial score (nSPS) is 14.9. The molecular weight excluding hydrogens is 480 g/mol. The van der Waals surface area contributed by atoms with Gasteiger partial charge in [-0.3, -0.25) is 4.79 Å². The quantitative estimate of drug-likeness (QED) is 0.440. The van der Waals surface area contributed by atoms with Crippen molar-refractivity contribution in [2.45, 2.75) is 15.5 Å². The molecule has 0 bridgehead atoms. The van der Waals surface area contributed by atoms with Crippen molar-refractivity contribution in [2.75, 3.05) is 5.32 Å². The van der Waals surface area contributed by atoms with Crippen molar-refractivity contribution in [3.05, 3.63) is 92.6 Å². The molecule has 3 aromatic rings. The summed E-state index contributed by atoms with van der Waals surface area (Å²) in [6.45, 7) is 0. The Morgan fingerprint density at radius 1 is 1.00 bits per heavy atom. The fourth-order valence-corrected chi connectivity index (χ4v) is 6.04. The standard InChI is InChI=1S/C22H14Cl2FNO3S2/c23-17-2-1-3-18(24)16(17)12-31(28,29)15-8-9-20-19(11-15)26-22(27)21(30-20)10-13-4-6-14(25)7-5-13/h1-11H,12H2,(H,26,27)/b21-10-. The zero-order valence-corrected chi connectivity index (χ0v) is 18.9. The van der Waals surface area contributed by atoms with Gasteiger partial charge in [0.1, 0.15) is 5.82 Å². The minimum atomic E-state index is -3.76. The van der Waals surface area contributed by atoms with E-state index in [-0.39, 0.29) is 32.4 Å². The van der Waals surface area contributed by atoms with Gasteiger partial charge in [0.05, 0.1) is 21.2 Å². The Kier molecular flexibility index (Phi) is 6.12. The van der Waals surface area contributed by atoms with Gasteiger partial charge in [-0.05, 0) is 54.1 Å². The number of benzene rings is 3. The number of thioether (sulfide) groups is 1. The predicted octanol–water partition coefficient (Wildman–Crippen LogP) is 6.19. The van der Waals surface area contributed by atoms with Crippen LogP contribution in [-0.2, 0) is 20.4 Å². The van der Waals surface area contributed by atoms with Gasteiger partial charge in [-0.15, -0.1) is 0 Å². The summed E-state index contributed by atoms with van der Waals surface area (Å²) in [5.41, 5.74) is 1.40. The van der Waals surface area contributed by atoms with Crippen LogP contribution in [0.15, 0.2) is 75.4 Å². The molecule has 9 heteroatoms. The van der Waals surface area contributed by atoms with Crippen molar-refractivity contribution in [1.82, 2.24) is 0 Å². The minimum absolute atomic E-state index is 0.0501. The highest BCUT2D eigenvalue weighted by Crippen LogP contribution is 2.40. The smallest absolute Gasteiger partial charge is 0.262 e. The van der Waals surface area contributed by atoms with Crippen molar-refractivity contribution in [3.8, 4) is 0 Å². The van der Waals surface area contributed by atoms with Gasteiger partial charge in [0.15, 0.2) is 9.84 Å². The van der Waals surface area contributed by atoms with E-state index in [4.69, 9.17) is 23.2 Å². The van der Waals surface area contributed by atoms with Gasteiger partial charge in [-0.2, -0.15) is 0 Å². The van der Waals surface area contributed by atoms with Crippen LogP contribution in [0.5, 0.6) is 0 Å². The molecule has 1 N–H and O–H groups in total. The van der Waals surface area contributed by atoms with Gasteiger partial charge in [-0.25, -0.2) is 12.8 Å². The molecule has 0 aromatic heterocycles. The van der Waals surface area contributed by atoms with Crippen molar-refractivity contribution < 1.29 is 17.6 Å². The number of halogens is 3. The lowest BCUT2D eigenvalue weighted by molar-refractivity contribution is -0.112. The molecule has 0 atom stereocenters. The minimum Gasteiger partial charge on any atom is -0.320 e. The van der Waals surface area contributed by atoms with E-state index in [1.54, 1.807) is 42.5 Å². The molecule has 3 aromatic carbocycles. The van der Waals surface area contributed by atoms with Gasteiger partial charge in [0, 0.05) is 20.5 Å². The fourth-order valence-electron chi connectivity index (χ4n) is 2.99. The van der Waals surface area contributed by atoms with Gasteiger partial charge in [-0.1, -0.05) is 53.2 Å². The number of carbonyl (C=O) groups excluding carboxylic acids is 1. The lowest BCUT2D eigenvalue weighted by Gasteiger charge is -2.19. The third-order valence-electron chi connectivity index (χ3n) is 4.57. The zero-order valence-electron chi connectivity index (χ0n) is 15.7. The van der Waals surface area contributed by atoms with E-state index in [0.717, 1.165) is 0 Å². The zero-order chi connectivity index (χ0) is 22.2. The summed E-state index contributed by atoms with van der Waals surface area (Å²) >= 11 is 13.4. The first-order valence-corrected chi connectivity index (χ1v) is 12.2. The number of amides is 1. The summed E-state index contributed by atoms with van der Waals surface area (Å²) < 4.78 is 38.9. The molecular formula is C22H14Cl2FNO3S2. The molecule has 1 amide bonds. The summed E-state index contributed by atoms with van der Waals surface area (Å²) in [6.07, 6.45) is 1.65. The number of carbonyl (C=O) groups is 1. The van der Waals surface area contributed by atoms with E-state index in [9.17, 15) is 17.6 Å². The number of hydrogen-bond acceptors (Lipinski definition) is 4. The Labute approximate surface area is 193 Å². The Bertz CT molecular complexity index is 1300. The second-order valence-corrected chi connectivity index (χ2v) is 10.6. The molecule has 1 heterocycles. The van der Waals surface area contributed by atoms with Gasteiger partial charge in [0.2, 0.25) is 0 Å². The maximum absolute atomic E-state index is 13.1. The second kappa shape index (κ2) is 8.67. The van der Waals surface area contributed by atoms with Crippen LogP contribution in [0.4, 0.5) is 10.1 Å². The molecule has 0 aliphatic carbocycles. The fraction of sp³-hybridized carbons (Fsp3) is 0.0455. The molecule has 4 rings (SSSR count). The molecule has 0 radical (unpaired) electrons. The molecule has 1 aliphatic heterocycles. The molecule has 0 unspecified atom stereocenters. The SMILES string of the molecule is O=C1Nc2cc(S(=O)(=O)Cc3c(Cl)cccc3Cl)ccc2S/C1=C\c1ccc(F)cc1. The third kappa shape index (κ3) is 4.80. The van der Waals surface area contributed by atoms with E-state index in [0.29, 0.717) is 26.6 Å². The highest BCUT2D eigenvalue weighted by atomic mass is 35.5. The lowest BCUT2D eigenvalue weighted by Crippen LogP contribution is -2.18. The van der Waals surface area contributed by atoms with Crippen molar-refractivity contribution >= 4 is 62.5 Å². The van der Waals surface area contributed by atoms with Crippen LogP contribution in [0.1, 0.15) is 11.1 Å². The first-order valence-electron chi connectivity index (χ1n) is 8.99. The largest absolute Gasteiger partial charge is 0.320 e. The highest BCUT2D eigenvalue weighted by Gasteiger charge is 2.25. The molecule has 0 saturated heterocycles. The first-order chi connectivity index (χ1) is 14.7. The summed E-state index contributed by atoms with van der Waals surface area (Å²) in [5, 5.41) is 3.27. The Morgan fingerprint density at radius 3 is 2.35 bits per heavy atom. The molecule has 0 saturated carbocycles. The Balaban J connectivity index is 1.62. The number of fused-ring (bicyclic) bond motifs is 1.